The number of benzene rings is 2. The lowest BCUT2D eigenvalue weighted by Gasteiger charge is -2.38. The molecule has 2 N–H and O–H groups in total. The number of nitrogens with zero attached hydrogens (tertiary/aromatic N) is 1. The zero-order chi connectivity index (χ0) is 29.1. The maximum atomic E-state index is 14.3. The smallest absolute Gasteiger partial charge is 0.246 e. The molecule has 216 valence electrons. The Balaban J connectivity index is 1.34. The van der Waals surface area contributed by atoms with Crippen LogP contribution in [-0.2, 0) is 25.7 Å². The van der Waals surface area contributed by atoms with Gasteiger partial charge in [-0.05, 0) is 54.5 Å². The van der Waals surface area contributed by atoms with Gasteiger partial charge in [-0.15, -0.1) is 0 Å². The van der Waals surface area contributed by atoms with Crippen LogP contribution in [0.2, 0.25) is 10.0 Å². The number of aryl methyl sites for hydroxylation is 1. The van der Waals surface area contributed by atoms with Crippen molar-refractivity contribution in [3.8, 4) is 0 Å². The van der Waals surface area contributed by atoms with Gasteiger partial charge in [0.05, 0.1) is 17.9 Å². The molecule has 2 aromatic carbocycles. The van der Waals surface area contributed by atoms with Gasteiger partial charge in [-0.2, -0.15) is 0 Å². The molecule has 7 nitrogen and oxygen atoms in total. The topological polar surface area (TPSA) is 87.7 Å². The fraction of sp³-hybridized carbons (Fsp3) is 0.469. The molecule has 0 aromatic heterocycles. The van der Waals surface area contributed by atoms with Gasteiger partial charge in [0.15, 0.2) is 0 Å². The minimum atomic E-state index is -1.25. The van der Waals surface area contributed by atoms with E-state index in [-0.39, 0.29) is 30.3 Å². The SMILES string of the molecule is Cc1ccc(NC(=O)C2[C@H]3C=CC4(O3)C(C(=O)NC3CCCC(C)C3C)N(Cc3ccccc3Cl)C(=O)[C@@H]24)cc1Cl. The molecule has 3 aliphatic heterocycles. The van der Waals surface area contributed by atoms with Crippen LogP contribution in [0.4, 0.5) is 5.69 Å². The Labute approximate surface area is 250 Å². The average Bonchev–Trinajstić information content (AvgIpc) is 3.58. The molecule has 1 aliphatic carbocycles. The number of carbonyl (C=O) groups excluding carboxylic acids is 3. The van der Waals surface area contributed by atoms with Gasteiger partial charge >= 0.3 is 0 Å². The van der Waals surface area contributed by atoms with Gasteiger partial charge in [-0.25, -0.2) is 0 Å². The monoisotopic (exact) mass is 595 g/mol. The number of carbonyl (C=O) groups is 3. The van der Waals surface area contributed by atoms with Crippen molar-refractivity contribution in [1.29, 1.82) is 0 Å². The molecule has 9 heteroatoms. The number of likely N-dealkylation sites (tertiary alicyclic amines) is 1. The van der Waals surface area contributed by atoms with E-state index in [0.29, 0.717) is 27.6 Å². The first-order valence-electron chi connectivity index (χ1n) is 14.4. The predicted octanol–water partition coefficient (Wildman–Crippen LogP) is 5.53. The lowest BCUT2D eigenvalue weighted by molar-refractivity contribution is -0.142. The first kappa shape index (κ1) is 28.3. The number of amides is 3. The van der Waals surface area contributed by atoms with Crippen LogP contribution < -0.4 is 10.6 Å². The summed E-state index contributed by atoms with van der Waals surface area (Å²) >= 11 is 12.8. The number of nitrogens with one attached hydrogen (secondary N) is 2. The summed E-state index contributed by atoms with van der Waals surface area (Å²) in [5, 5.41) is 7.26. The number of ether oxygens (including phenoxy) is 1. The van der Waals surface area contributed by atoms with E-state index in [1.807, 2.05) is 43.3 Å². The largest absolute Gasteiger partial charge is 0.359 e. The van der Waals surface area contributed by atoms with Crippen LogP contribution in [0.5, 0.6) is 0 Å². The van der Waals surface area contributed by atoms with E-state index in [4.69, 9.17) is 27.9 Å². The first-order valence-corrected chi connectivity index (χ1v) is 15.1. The van der Waals surface area contributed by atoms with E-state index in [9.17, 15) is 14.4 Å². The molecule has 6 unspecified atom stereocenters. The summed E-state index contributed by atoms with van der Waals surface area (Å²) in [7, 11) is 0. The Kier molecular flexibility index (Phi) is 7.41. The third-order valence-corrected chi connectivity index (χ3v) is 10.5. The first-order chi connectivity index (χ1) is 19.6. The Hall–Kier alpha value is -2.87. The van der Waals surface area contributed by atoms with E-state index < -0.39 is 29.6 Å². The molecule has 2 aromatic rings. The third-order valence-electron chi connectivity index (χ3n) is 9.70. The highest BCUT2D eigenvalue weighted by Crippen LogP contribution is 2.55. The van der Waals surface area contributed by atoms with Crippen molar-refractivity contribution in [2.24, 2.45) is 23.7 Å². The van der Waals surface area contributed by atoms with Gasteiger partial charge in [0, 0.05) is 28.3 Å². The van der Waals surface area contributed by atoms with E-state index in [2.05, 4.69) is 24.5 Å². The minimum Gasteiger partial charge on any atom is -0.359 e. The van der Waals surface area contributed by atoms with Crippen LogP contribution >= 0.6 is 23.2 Å². The van der Waals surface area contributed by atoms with Crippen molar-refractivity contribution in [3.05, 3.63) is 75.8 Å². The van der Waals surface area contributed by atoms with Crippen molar-refractivity contribution < 1.29 is 19.1 Å². The molecule has 6 rings (SSSR count). The Bertz CT molecular complexity index is 1430. The molecular weight excluding hydrogens is 561 g/mol. The molecular formula is C32H35Cl2N3O4. The molecule has 2 saturated heterocycles. The molecule has 8 atom stereocenters. The maximum Gasteiger partial charge on any atom is 0.246 e. The molecule has 3 amide bonds. The van der Waals surface area contributed by atoms with Crippen LogP contribution in [0, 0.1) is 30.6 Å². The normalized spacial score (nSPS) is 33.6. The third kappa shape index (κ3) is 4.76. The summed E-state index contributed by atoms with van der Waals surface area (Å²) in [6.07, 6.45) is 6.10. The zero-order valence-electron chi connectivity index (χ0n) is 23.4. The van der Waals surface area contributed by atoms with Gasteiger partial charge in [0.25, 0.3) is 0 Å². The van der Waals surface area contributed by atoms with Crippen LogP contribution in [0.3, 0.4) is 0 Å². The second-order valence-electron chi connectivity index (χ2n) is 12.1. The Morgan fingerprint density at radius 2 is 1.85 bits per heavy atom. The second kappa shape index (κ2) is 10.8. The molecule has 3 fully saturated rings. The minimum absolute atomic E-state index is 0.00642. The highest BCUT2D eigenvalue weighted by Gasteiger charge is 2.72. The lowest BCUT2D eigenvalue weighted by atomic mass is 9.73. The molecule has 1 spiro atoms. The second-order valence-corrected chi connectivity index (χ2v) is 12.9. The molecule has 4 aliphatic rings. The van der Waals surface area contributed by atoms with Gasteiger partial charge in [0.2, 0.25) is 17.7 Å². The van der Waals surface area contributed by atoms with Crippen molar-refractivity contribution >= 4 is 46.6 Å². The Morgan fingerprint density at radius 3 is 2.61 bits per heavy atom. The number of fused-ring (bicyclic) bond motifs is 1. The van der Waals surface area contributed by atoms with E-state index in [1.165, 1.54) is 0 Å². The summed E-state index contributed by atoms with van der Waals surface area (Å²) in [6.45, 7) is 6.41. The summed E-state index contributed by atoms with van der Waals surface area (Å²) < 4.78 is 6.48. The molecule has 3 heterocycles. The number of hydrogen-bond acceptors (Lipinski definition) is 4. The molecule has 41 heavy (non-hydrogen) atoms. The van der Waals surface area contributed by atoms with E-state index in [1.54, 1.807) is 23.1 Å². The van der Waals surface area contributed by atoms with E-state index in [0.717, 1.165) is 30.4 Å². The standard InChI is InChI=1S/C32H35Cl2N3O4/c1-17-7-6-10-24(19(17)3)36-30(39)28-32-14-13-25(41-32)26(29(38)35-21-12-11-18(2)23(34)15-21)27(32)31(40)37(28)16-20-8-4-5-9-22(20)33/h4-5,8-9,11-15,17,19,24-28H,6-7,10,16H2,1-3H3,(H,35,38)(H,36,39)/t17?,19?,24?,25-,26?,27-,28?,32?/m1/s1. The summed E-state index contributed by atoms with van der Waals surface area (Å²) in [5.74, 6) is -1.72. The summed E-state index contributed by atoms with van der Waals surface area (Å²) in [6, 6.07) is 11.7. The number of anilines is 1. The van der Waals surface area contributed by atoms with Gasteiger partial charge in [-0.3, -0.25) is 14.4 Å². The van der Waals surface area contributed by atoms with Crippen LogP contribution in [-0.4, -0.2) is 46.4 Å². The molecule has 2 bridgehead atoms. The zero-order valence-corrected chi connectivity index (χ0v) is 24.9. The highest BCUT2D eigenvalue weighted by molar-refractivity contribution is 6.31. The Morgan fingerprint density at radius 1 is 1.07 bits per heavy atom. The maximum absolute atomic E-state index is 14.3. The summed E-state index contributed by atoms with van der Waals surface area (Å²) in [4.78, 5) is 43.7. The fourth-order valence-electron chi connectivity index (χ4n) is 7.19. The quantitative estimate of drug-likeness (QED) is 0.430. The van der Waals surface area contributed by atoms with Crippen LogP contribution in [0.15, 0.2) is 54.6 Å². The van der Waals surface area contributed by atoms with Gasteiger partial charge in [0.1, 0.15) is 11.6 Å². The van der Waals surface area contributed by atoms with Crippen molar-refractivity contribution in [2.75, 3.05) is 5.32 Å². The van der Waals surface area contributed by atoms with Gasteiger partial charge in [-0.1, -0.05) is 86.3 Å². The lowest BCUT2D eigenvalue weighted by Crippen LogP contribution is -2.57. The fourth-order valence-corrected chi connectivity index (χ4v) is 7.57. The van der Waals surface area contributed by atoms with Crippen molar-refractivity contribution in [3.63, 3.8) is 0 Å². The number of halogens is 2. The predicted molar refractivity (Wildman–Crippen MR) is 158 cm³/mol. The molecule has 0 radical (unpaired) electrons. The average molecular weight is 597 g/mol. The molecule has 1 saturated carbocycles. The highest BCUT2D eigenvalue weighted by atomic mass is 35.5. The van der Waals surface area contributed by atoms with E-state index >= 15 is 0 Å². The van der Waals surface area contributed by atoms with Crippen molar-refractivity contribution in [2.45, 2.75) is 70.4 Å². The van der Waals surface area contributed by atoms with Crippen molar-refractivity contribution in [1.82, 2.24) is 10.2 Å². The summed E-state index contributed by atoms with van der Waals surface area (Å²) in [5.41, 5.74) is 0.917. The van der Waals surface area contributed by atoms with Crippen LogP contribution in [0.25, 0.3) is 0 Å². The number of rotatable bonds is 6. The number of hydrogen-bond donors (Lipinski definition) is 2. The van der Waals surface area contributed by atoms with Gasteiger partial charge < -0.3 is 20.3 Å². The van der Waals surface area contributed by atoms with Crippen LogP contribution in [0.1, 0.15) is 44.2 Å².